The number of halogens is 1. The minimum absolute atomic E-state index is 0.0742. The van der Waals surface area contributed by atoms with Crippen LogP contribution in [0.25, 0.3) is 0 Å². The molecule has 0 fully saturated rings. The van der Waals surface area contributed by atoms with Crippen LogP contribution in [-0.4, -0.2) is 10.7 Å². The highest BCUT2D eigenvalue weighted by Crippen LogP contribution is 2.30. The third-order valence-electron chi connectivity index (χ3n) is 3.37. The highest BCUT2D eigenvalue weighted by Gasteiger charge is 2.16. The fourth-order valence-electron chi connectivity index (χ4n) is 2.07. The van der Waals surface area contributed by atoms with Crippen molar-refractivity contribution in [3.63, 3.8) is 0 Å². The van der Waals surface area contributed by atoms with Crippen molar-refractivity contribution in [2.45, 2.75) is 20.3 Å². The second-order valence-corrected chi connectivity index (χ2v) is 5.21. The molecule has 0 aliphatic carbocycles. The second-order valence-electron chi connectivity index (χ2n) is 4.80. The first kappa shape index (κ1) is 16.0. The number of benzene rings is 2. The van der Waals surface area contributed by atoms with Gasteiger partial charge < -0.3 is 5.32 Å². The van der Waals surface area contributed by atoms with Gasteiger partial charge in [-0.3, -0.25) is 14.9 Å². The zero-order valence-corrected chi connectivity index (χ0v) is 13.0. The fourth-order valence-corrected chi connectivity index (χ4v) is 2.25. The van der Waals surface area contributed by atoms with Crippen molar-refractivity contribution < 1.29 is 9.72 Å². The Morgan fingerprint density at radius 3 is 2.64 bits per heavy atom. The summed E-state index contributed by atoms with van der Waals surface area (Å²) in [5.41, 5.74) is 2.28. The summed E-state index contributed by atoms with van der Waals surface area (Å²) in [6.07, 6.45) is 0.320. The average molecular weight is 319 g/mol. The Balaban J connectivity index is 2.51. The van der Waals surface area contributed by atoms with Crippen LogP contribution in [0.1, 0.15) is 29.3 Å². The van der Waals surface area contributed by atoms with Gasteiger partial charge in [0, 0.05) is 34.8 Å². The number of Topliss-reactive ketones (excluding diaryl/α,β-unsaturated/α-hetero) is 1. The largest absolute Gasteiger partial charge is 0.354 e. The molecule has 0 radical (unpaired) electrons. The number of rotatable bonds is 5. The van der Waals surface area contributed by atoms with Crippen LogP contribution in [0.2, 0.25) is 5.02 Å². The van der Waals surface area contributed by atoms with Gasteiger partial charge in [-0.15, -0.1) is 0 Å². The van der Waals surface area contributed by atoms with Gasteiger partial charge in [0.25, 0.3) is 5.69 Å². The van der Waals surface area contributed by atoms with E-state index in [-0.39, 0.29) is 11.5 Å². The summed E-state index contributed by atoms with van der Waals surface area (Å²) in [5, 5.41) is 14.6. The van der Waals surface area contributed by atoms with Crippen LogP contribution in [-0.2, 0) is 0 Å². The second kappa shape index (κ2) is 6.58. The smallest absolute Gasteiger partial charge is 0.271 e. The third-order valence-corrected chi connectivity index (χ3v) is 3.78. The number of hydrogen-bond acceptors (Lipinski definition) is 4. The molecule has 22 heavy (non-hydrogen) atoms. The van der Waals surface area contributed by atoms with Crippen LogP contribution >= 0.6 is 11.6 Å². The number of non-ortho nitro benzene ring substituents is 1. The van der Waals surface area contributed by atoms with Crippen LogP contribution in [0.5, 0.6) is 0 Å². The highest BCUT2D eigenvalue weighted by molar-refractivity contribution is 6.31. The molecule has 2 aromatic carbocycles. The van der Waals surface area contributed by atoms with Crippen LogP contribution in [0.4, 0.5) is 17.1 Å². The van der Waals surface area contributed by atoms with Gasteiger partial charge in [-0.2, -0.15) is 0 Å². The number of nitrogens with one attached hydrogen (secondary N) is 1. The molecular weight excluding hydrogens is 304 g/mol. The minimum atomic E-state index is -0.490. The van der Waals surface area contributed by atoms with Crippen molar-refractivity contribution in [2.75, 3.05) is 5.32 Å². The number of nitro benzene ring substituents is 1. The summed E-state index contributed by atoms with van der Waals surface area (Å²) < 4.78 is 0. The molecule has 0 heterocycles. The van der Waals surface area contributed by atoms with Crippen molar-refractivity contribution in [1.82, 2.24) is 0 Å². The Labute approximate surface area is 133 Å². The Bertz CT molecular complexity index is 744. The maximum absolute atomic E-state index is 12.0. The zero-order chi connectivity index (χ0) is 16.3. The highest BCUT2D eigenvalue weighted by atomic mass is 35.5. The molecule has 0 spiro atoms. The summed E-state index contributed by atoms with van der Waals surface area (Å²) in [7, 11) is 0. The van der Waals surface area contributed by atoms with E-state index in [1.807, 2.05) is 6.92 Å². The van der Waals surface area contributed by atoms with Crippen molar-refractivity contribution in [3.8, 4) is 0 Å². The number of ketones is 1. The molecule has 0 amide bonds. The average Bonchev–Trinajstić information content (AvgIpc) is 2.51. The van der Waals surface area contributed by atoms with Gasteiger partial charge in [0.15, 0.2) is 5.78 Å². The molecule has 0 aliphatic rings. The van der Waals surface area contributed by atoms with Crippen molar-refractivity contribution in [1.29, 1.82) is 0 Å². The normalized spacial score (nSPS) is 10.3. The third kappa shape index (κ3) is 3.26. The van der Waals surface area contributed by atoms with E-state index in [4.69, 9.17) is 11.6 Å². The Morgan fingerprint density at radius 2 is 2.00 bits per heavy atom. The molecule has 2 rings (SSSR count). The lowest BCUT2D eigenvalue weighted by Crippen LogP contribution is -2.04. The van der Waals surface area contributed by atoms with Crippen molar-refractivity contribution in [3.05, 3.63) is 62.7 Å². The van der Waals surface area contributed by atoms with Crippen LogP contribution in [0, 0.1) is 17.0 Å². The lowest BCUT2D eigenvalue weighted by molar-refractivity contribution is -0.384. The van der Waals surface area contributed by atoms with E-state index in [0.717, 1.165) is 5.56 Å². The number of carbonyl (C=O) groups is 1. The van der Waals surface area contributed by atoms with Crippen molar-refractivity contribution >= 4 is 34.4 Å². The number of carbonyl (C=O) groups excluding carboxylic acids is 1. The summed E-state index contributed by atoms with van der Waals surface area (Å²) in [6, 6.07) is 9.51. The van der Waals surface area contributed by atoms with Gasteiger partial charge in [-0.1, -0.05) is 24.6 Å². The van der Waals surface area contributed by atoms with E-state index in [2.05, 4.69) is 5.32 Å². The van der Waals surface area contributed by atoms with Gasteiger partial charge in [0.05, 0.1) is 10.6 Å². The molecule has 5 nitrogen and oxygen atoms in total. The quantitative estimate of drug-likeness (QED) is 0.484. The van der Waals surface area contributed by atoms with E-state index in [1.54, 1.807) is 25.1 Å². The van der Waals surface area contributed by atoms with Crippen LogP contribution in [0.3, 0.4) is 0 Å². The molecule has 1 N–H and O–H groups in total. The van der Waals surface area contributed by atoms with E-state index < -0.39 is 4.92 Å². The van der Waals surface area contributed by atoms with E-state index >= 15 is 0 Å². The number of hydrogen-bond donors (Lipinski definition) is 1. The molecule has 6 heteroatoms. The summed E-state index contributed by atoms with van der Waals surface area (Å²) in [5.74, 6) is -0.0860. The molecule has 2 aromatic rings. The SMILES string of the molecule is CCC(=O)c1ccc([N+](=O)[O-])cc1Nc1cccc(Cl)c1C. The standard InChI is InChI=1S/C16H15ClN2O3/c1-3-16(20)12-8-7-11(19(21)22)9-15(12)18-14-6-4-5-13(17)10(14)2/h4-9,18H,3H2,1-2H3. The molecule has 0 saturated heterocycles. The Kier molecular flexibility index (Phi) is 4.78. The van der Waals surface area contributed by atoms with E-state index in [9.17, 15) is 14.9 Å². The molecule has 0 unspecified atom stereocenters. The number of nitrogens with zero attached hydrogens (tertiary/aromatic N) is 1. The predicted octanol–water partition coefficient (Wildman–Crippen LogP) is 4.89. The maximum Gasteiger partial charge on any atom is 0.271 e. The molecule has 0 aromatic heterocycles. The Morgan fingerprint density at radius 1 is 1.27 bits per heavy atom. The lowest BCUT2D eigenvalue weighted by atomic mass is 10.0. The molecule has 114 valence electrons. The van der Waals surface area contributed by atoms with E-state index in [1.165, 1.54) is 18.2 Å². The maximum atomic E-state index is 12.0. The molecular formula is C16H15ClN2O3. The van der Waals surface area contributed by atoms with Gasteiger partial charge in [0.2, 0.25) is 0 Å². The van der Waals surface area contributed by atoms with Gasteiger partial charge in [0.1, 0.15) is 0 Å². The topological polar surface area (TPSA) is 72.2 Å². The molecule has 0 saturated carbocycles. The number of nitro groups is 1. The summed E-state index contributed by atoms with van der Waals surface area (Å²) in [4.78, 5) is 22.5. The Hall–Kier alpha value is -2.40. The summed E-state index contributed by atoms with van der Waals surface area (Å²) in [6.45, 7) is 3.58. The minimum Gasteiger partial charge on any atom is -0.354 e. The molecule has 0 bridgehead atoms. The molecule has 0 atom stereocenters. The van der Waals surface area contributed by atoms with Gasteiger partial charge in [-0.25, -0.2) is 0 Å². The van der Waals surface area contributed by atoms with Crippen molar-refractivity contribution in [2.24, 2.45) is 0 Å². The predicted molar refractivity (Wildman–Crippen MR) is 87.2 cm³/mol. The molecule has 0 aliphatic heterocycles. The monoisotopic (exact) mass is 318 g/mol. The first-order chi connectivity index (χ1) is 10.4. The summed E-state index contributed by atoms with van der Waals surface area (Å²) >= 11 is 6.08. The first-order valence-corrected chi connectivity index (χ1v) is 7.15. The zero-order valence-electron chi connectivity index (χ0n) is 12.2. The van der Waals surface area contributed by atoms with E-state index in [0.29, 0.717) is 28.4 Å². The van der Waals surface area contributed by atoms with Gasteiger partial charge in [-0.05, 0) is 30.7 Å². The fraction of sp³-hybridized carbons (Fsp3) is 0.188. The van der Waals surface area contributed by atoms with Crippen LogP contribution < -0.4 is 5.32 Å². The van der Waals surface area contributed by atoms with Crippen LogP contribution in [0.15, 0.2) is 36.4 Å². The van der Waals surface area contributed by atoms with Gasteiger partial charge >= 0.3 is 0 Å². The number of anilines is 2. The lowest BCUT2D eigenvalue weighted by Gasteiger charge is -2.13. The first-order valence-electron chi connectivity index (χ1n) is 6.77.